The Labute approximate surface area is 371 Å². The Morgan fingerprint density at radius 3 is 1.57 bits per heavy atom. The van der Waals surface area contributed by atoms with E-state index in [0.29, 0.717) is 0 Å². The van der Waals surface area contributed by atoms with Gasteiger partial charge >= 0.3 is 0 Å². The van der Waals surface area contributed by atoms with E-state index in [4.69, 9.17) is 9.15 Å². The van der Waals surface area contributed by atoms with Gasteiger partial charge in [0.05, 0.1) is 38.8 Å². The molecule has 0 N–H and O–H groups in total. The van der Waals surface area contributed by atoms with E-state index in [-0.39, 0.29) is 0 Å². The molecule has 5 heteroatoms. The number of hydrogen-bond donors (Lipinski definition) is 0. The number of benzene rings is 10. The van der Waals surface area contributed by atoms with Gasteiger partial charge in [-0.25, -0.2) is 0 Å². The van der Waals surface area contributed by atoms with Crippen molar-refractivity contribution < 1.29 is 9.15 Å². The number of furan rings is 1. The molecule has 65 heavy (non-hydrogen) atoms. The summed E-state index contributed by atoms with van der Waals surface area (Å²) in [5.74, 6) is 1.76. The average molecular weight is 830 g/mol. The van der Waals surface area contributed by atoms with Gasteiger partial charge in [0.15, 0.2) is 11.5 Å². The van der Waals surface area contributed by atoms with E-state index >= 15 is 0 Å². The van der Waals surface area contributed by atoms with E-state index < -0.39 is 0 Å². The first kappa shape index (κ1) is 34.7. The van der Waals surface area contributed by atoms with Crippen LogP contribution in [0.3, 0.4) is 0 Å². The van der Waals surface area contributed by atoms with Crippen molar-refractivity contribution in [1.82, 2.24) is 13.7 Å². The van der Waals surface area contributed by atoms with Gasteiger partial charge in [0.25, 0.3) is 0 Å². The third kappa shape index (κ3) is 4.87. The maximum atomic E-state index is 6.37. The van der Waals surface area contributed by atoms with Crippen molar-refractivity contribution in [2.24, 2.45) is 0 Å². The van der Waals surface area contributed by atoms with Crippen molar-refractivity contribution in [3.05, 3.63) is 212 Å². The molecule has 14 aromatic rings. The van der Waals surface area contributed by atoms with Crippen LogP contribution in [0.4, 0.5) is 0 Å². The smallest absolute Gasteiger partial charge is 0.152 e. The van der Waals surface area contributed by atoms with E-state index in [2.05, 4.69) is 202 Å². The van der Waals surface area contributed by atoms with Crippen LogP contribution in [0, 0.1) is 0 Å². The predicted molar refractivity (Wildman–Crippen MR) is 268 cm³/mol. The minimum atomic E-state index is 0.872. The minimum Gasteiger partial charge on any atom is -0.456 e. The van der Waals surface area contributed by atoms with Crippen molar-refractivity contribution in [3.8, 4) is 50.8 Å². The lowest BCUT2D eigenvalue weighted by Crippen LogP contribution is -2.03. The maximum Gasteiger partial charge on any atom is 0.152 e. The summed E-state index contributed by atoms with van der Waals surface area (Å²) in [7, 11) is 0. The molecule has 1 aliphatic rings. The summed E-state index contributed by atoms with van der Waals surface area (Å²) in [5.41, 5.74) is 16.8. The molecule has 0 saturated heterocycles. The first-order valence-electron chi connectivity index (χ1n) is 22.2. The lowest BCUT2D eigenvalue weighted by Gasteiger charge is -2.20. The molecule has 10 aromatic carbocycles. The minimum absolute atomic E-state index is 0.872. The van der Waals surface area contributed by atoms with Crippen LogP contribution >= 0.6 is 0 Å². The van der Waals surface area contributed by atoms with Crippen LogP contribution in [-0.2, 0) is 0 Å². The van der Waals surface area contributed by atoms with Crippen molar-refractivity contribution in [1.29, 1.82) is 0 Å². The first-order chi connectivity index (χ1) is 32.2. The molecule has 0 saturated carbocycles. The molecule has 5 heterocycles. The van der Waals surface area contributed by atoms with Gasteiger partial charge in [0, 0.05) is 60.5 Å². The number of aromatic nitrogens is 3. The second kappa shape index (κ2) is 12.9. The zero-order chi connectivity index (χ0) is 42.3. The van der Waals surface area contributed by atoms with Gasteiger partial charge in [-0.1, -0.05) is 115 Å². The van der Waals surface area contributed by atoms with Crippen LogP contribution in [0.15, 0.2) is 217 Å². The SMILES string of the molecule is c1ccc2c(c1)Oc1cccc3c4ccc(-c5ccc(-n6c7ccccc7c7cc(-c8ccc9c(c8)c8ccccc8n9-c8ccc9c(c8)oc8ccccc89)ccc76)cc5)cc4n-2c13. The van der Waals surface area contributed by atoms with Crippen LogP contribution in [0.2, 0.25) is 0 Å². The van der Waals surface area contributed by atoms with Crippen molar-refractivity contribution in [2.75, 3.05) is 0 Å². The number of hydrogen-bond acceptors (Lipinski definition) is 2. The summed E-state index contributed by atoms with van der Waals surface area (Å²) in [4.78, 5) is 0. The topological polar surface area (TPSA) is 37.2 Å². The summed E-state index contributed by atoms with van der Waals surface area (Å²) in [6.07, 6.45) is 0. The molecule has 0 spiro atoms. The molecule has 0 radical (unpaired) electrons. The lowest BCUT2D eigenvalue weighted by molar-refractivity contribution is 0.476. The Hall–Kier alpha value is -8.80. The number of ether oxygens (including phenoxy) is 1. The first-order valence-corrected chi connectivity index (χ1v) is 22.2. The largest absolute Gasteiger partial charge is 0.456 e. The predicted octanol–water partition coefficient (Wildman–Crippen LogP) is 16.3. The molecule has 302 valence electrons. The van der Waals surface area contributed by atoms with Gasteiger partial charge in [-0.15, -0.1) is 0 Å². The summed E-state index contributed by atoms with van der Waals surface area (Å²) in [6.45, 7) is 0. The molecule has 0 amide bonds. The molecule has 0 unspecified atom stereocenters. The fourth-order valence-electron chi connectivity index (χ4n) is 10.9. The van der Waals surface area contributed by atoms with Crippen molar-refractivity contribution in [3.63, 3.8) is 0 Å². The highest BCUT2D eigenvalue weighted by molar-refractivity contribution is 6.15. The highest BCUT2D eigenvalue weighted by Crippen LogP contribution is 2.46. The summed E-state index contributed by atoms with van der Waals surface area (Å²) in [5, 5.41) is 9.59. The number of fused-ring (bicyclic) bond motifs is 14. The second-order valence-corrected chi connectivity index (χ2v) is 17.3. The molecule has 0 aliphatic carbocycles. The maximum absolute atomic E-state index is 6.37. The zero-order valence-corrected chi connectivity index (χ0v) is 34.9. The standard InChI is InChI=1S/C60H35N3O2/c1-4-14-50-42(10-1)48-32-37(38-24-31-53-49(33-38)43-11-2-5-15-51(43)62(53)41-27-29-46-45-12-3-7-17-56(45)64-59(46)35-41)23-30-52(48)61(50)40-25-20-36(21-26-40)39-22-28-44-47-13-9-19-58-60(47)63(55(44)34-39)54-16-6-8-18-57(54)65-58/h1-35H. The molecule has 15 rings (SSSR count). The Morgan fingerprint density at radius 2 is 0.800 bits per heavy atom. The highest BCUT2D eigenvalue weighted by Gasteiger charge is 2.24. The third-order valence-electron chi connectivity index (χ3n) is 13.8. The van der Waals surface area contributed by atoms with E-state index in [1.54, 1.807) is 0 Å². The zero-order valence-electron chi connectivity index (χ0n) is 34.9. The quantitative estimate of drug-likeness (QED) is 0.177. The monoisotopic (exact) mass is 829 g/mol. The van der Waals surface area contributed by atoms with Gasteiger partial charge in [0.2, 0.25) is 0 Å². The molecular formula is C60H35N3O2. The van der Waals surface area contributed by atoms with E-state index in [1.807, 2.05) is 24.3 Å². The Kier molecular flexibility index (Phi) is 6.89. The fraction of sp³-hybridized carbons (Fsp3) is 0. The summed E-state index contributed by atoms with van der Waals surface area (Å²) in [6, 6.07) is 76.7. The van der Waals surface area contributed by atoms with Crippen LogP contribution in [-0.4, -0.2) is 13.7 Å². The molecule has 0 fully saturated rings. The van der Waals surface area contributed by atoms with Gasteiger partial charge in [0.1, 0.15) is 11.2 Å². The fourth-order valence-corrected chi connectivity index (χ4v) is 10.9. The molecular weight excluding hydrogens is 795 g/mol. The Morgan fingerprint density at radius 1 is 0.277 bits per heavy atom. The van der Waals surface area contributed by atoms with E-state index in [1.165, 1.54) is 76.6 Å². The molecule has 5 nitrogen and oxygen atoms in total. The van der Waals surface area contributed by atoms with E-state index in [9.17, 15) is 0 Å². The Balaban J connectivity index is 0.823. The van der Waals surface area contributed by atoms with Crippen LogP contribution in [0.5, 0.6) is 11.5 Å². The van der Waals surface area contributed by atoms with Crippen LogP contribution in [0.1, 0.15) is 0 Å². The van der Waals surface area contributed by atoms with Gasteiger partial charge in [-0.05, 0) is 113 Å². The lowest BCUT2D eigenvalue weighted by atomic mass is 10.0. The number of rotatable bonds is 4. The number of nitrogens with zero attached hydrogens (tertiary/aromatic N) is 3. The molecule has 4 aromatic heterocycles. The summed E-state index contributed by atoms with van der Waals surface area (Å²) >= 11 is 0. The van der Waals surface area contributed by atoms with Gasteiger partial charge in [-0.2, -0.15) is 0 Å². The molecule has 1 aliphatic heterocycles. The normalized spacial score (nSPS) is 12.4. The molecule has 0 bridgehead atoms. The summed E-state index contributed by atoms with van der Waals surface area (Å²) < 4.78 is 19.8. The van der Waals surface area contributed by atoms with Gasteiger partial charge in [-0.3, -0.25) is 0 Å². The van der Waals surface area contributed by atoms with Crippen LogP contribution < -0.4 is 4.74 Å². The van der Waals surface area contributed by atoms with Crippen LogP contribution in [0.25, 0.3) is 127 Å². The van der Waals surface area contributed by atoms with E-state index in [0.717, 1.165) is 61.5 Å². The Bertz CT molecular complexity index is 4330. The molecule has 0 atom stereocenters. The average Bonchev–Trinajstić information content (AvgIpc) is 4.10. The third-order valence-corrected chi connectivity index (χ3v) is 13.8. The van der Waals surface area contributed by atoms with Crippen molar-refractivity contribution >= 4 is 87.4 Å². The van der Waals surface area contributed by atoms with Gasteiger partial charge < -0.3 is 22.9 Å². The highest BCUT2D eigenvalue weighted by atomic mass is 16.5. The second-order valence-electron chi connectivity index (χ2n) is 17.3. The number of para-hydroxylation sites is 6. The van der Waals surface area contributed by atoms with Crippen molar-refractivity contribution in [2.45, 2.75) is 0 Å².